The molecule has 0 N–H and O–H groups in total. The molecule has 1 aromatic rings. The second kappa shape index (κ2) is 5.12. The highest BCUT2D eigenvalue weighted by Crippen LogP contribution is 2.21. The summed E-state index contributed by atoms with van der Waals surface area (Å²) in [6.07, 6.45) is 2.33. The van der Waals surface area contributed by atoms with Gasteiger partial charge in [0.25, 0.3) is 0 Å². The Hall–Kier alpha value is -1.50. The molecule has 0 fully saturated rings. The van der Waals surface area contributed by atoms with Gasteiger partial charge in [0.05, 0.1) is 10.3 Å². The van der Waals surface area contributed by atoms with Crippen LogP contribution in [0.15, 0.2) is 17.6 Å². The summed E-state index contributed by atoms with van der Waals surface area (Å²) >= 11 is 0. The Labute approximate surface area is 119 Å². The van der Waals surface area contributed by atoms with Crippen LogP contribution < -0.4 is 0 Å². The maximum Gasteiger partial charge on any atom is 0.341 e. The van der Waals surface area contributed by atoms with E-state index in [4.69, 9.17) is 4.74 Å². The van der Waals surface area contributed by atoms with Gasteiger partial charge in [-0.2, -0.15) is 0 Å². The zero-order chi connectivity index (χ0) is 15.8. The molecule has 112 valence electrons. The lowest BCUT2D eigenvalue weighted by Crippen LogP contribution is -2.30. The van der Waals surface area contributed by atoms with Crippen LogP contribution in [0.1, 0.15) is 51.9 Å². The van der Waals surface area contributed by atoms with Gasteiger partial charge in [0.2, 0.25) is 15.0 Å². The first-order chi connectivity index (χ1) is 8.84. The zero-order valence-corrected chi connectivity index (χ0v) is 13.4. The molecule has 0 aliphatic rings. The van der Waals surface area contributed by atoms with Crippen molar-refractivity contribution in [1.82, 2.24) is 9.97 Å². The van der Waals surface area contributed by atoms with Crippen molar-refractivity contribution in [2.75, 3.05) is 0 Å². The Morgan fingerprint density at radius 3 is 1.85 bits per heavy atom. The third-order valence-electron chi connectivity index (χ3n) is 2.31. The van der Waals surface area contributed by atoms with Crippen molar-refractivity contribution in [1.29, 1.82) is 0 Å². The van der Waals surface area contributed by atoms with Crippen LogP contribution in [0, 0.1) is 0 Å². The van der Waals surface area contributed by atoms with E-state index in [2.05, 4.69) is 9.97 Å². The molecule has 1 heterocycles. The number of rotatable bonds is 2. The molecule has 6 nitrogen and oxygen atoms in total. The number of esters is 1. The maximum atomic E-state index is 12.1. The van der Waals surface area contributed by atoms with Crippen molar-refractivity contribution in [3.63, 3.8) is 0 Å². The average Bonchev–Trinajstić information content (AvgIpc) is 2.25. The van der Waals surface area contributed by atoms with Gasteiger partial charge in [-0.3, -0.25) is 0 Å². The van der Waals surface area contributed by atoms with Crippen LogP contribution in [0.4, 0.5) is 0 Å². The minimum atomic E-state index is -3.63. The van der Waals surface area contributed by atoms with Crippen LogP contribution in [-0.2, 0) is 14.6 Å². The summed E-state index contributed by atoms with van der Waals surface area (Å²) in [4.78, 5) is 19.3. The van der Waals surface area contributed by atoms with Gasteiger partial charge in [-0.1, -0.05) is 0 Å². The highest BCUT2D eigenvalue weighted by molar-refractivity contribution is 7.92. The van der Waals surface area contributed by atoms with Crippen molar-refractivity contribution in [2.24, 2.45) is 0 Å². The fraction of sp³-hybridized carbons (Fsp3) is 0.615. The van der Waals surface area contributed by atoms with Crippen LogP contribution in [0.5, 0.6) is 0 Å². The number of ether oxygens (including phenoxy) is 1. The van der Waals surface area contributed by atoms with E-state index in [0.717, 1.165) is 0 Å². The monoisotopic (exact) mass is 300 g/mol. The Morgan fingerprint density at radius 2 is 1.50 bits per heavy atom. The number of carbonyl (C=O) groups is 1. The third kappa shape index (κ3) is 3.75. The molecular formula is C13H20N2O4S. The summed E-state index contributed by atoms with van der Waals surface area (Å²) in [5.41, 5.74) is -0.513. The fourth-order valence-electron chi connectivity index (χ4n) is 1.17. The lowest BCUT2D eigenvalue weighted by Gasteiger charge is -2.19. The topological polar surface area (TPSA) is 86.2 Å². The van der Waals surface area contributed by atoms with Crippen LogP contribution in [0.2, 0.25) is 0 Å². The first-order valence-electron chi connectivity index (χ1n) is 6.14. The second-order valence-corrected chi connectivity index (χ2v) is 8.97. The fourth-order valence-corrected chi connectivity index (χ4v) is 2.10. The molecule has 0 aromatic carbocycles. The quantitative estimate of drug-likeness (QED) is 0.613. The van der Waals surface area contributed by atoms with E-state index in [1.807, 2.05) is 0 Å². The SMILES string of the molecule is CC(C)(C)OC(=O)c1cnc(S(=O)(=O)C(C)(C)C)nc1. The number of carbonyl (C=O) groups excluding carboxylic acids is 1. The smallest absolute Gasteiger partial charge is 0.341 e. The summed E-state index contributed by atoms with van der Waals surface area (Å²) < 4.78 is 28.4. The van der Waals surface area contributed by atoms with Crippen LogP contribution in [0.25, 0.3) is 0 Å². The molecule has 7 heteroatoms. The van der Waals surface area contributed by atoms with E-state index in [1.54, 1.807) is 41.5 Å². The van der Waals surface area contributed by atoms with Gasteiger partial charge >= 0.3 is 5.97 Å². The number of nitrogens with zero attached hydrogens (tertiary/aromatic N) is 2. The van der Waals surface area contributed by atoms with Gasteiger partial charge in [0, 0.05) is 12.4 Å². The molecule has 1 rings (SSSR count). The van der Waals surface area contributed by atoms with Gasteiger partial charge in [0.15, 0.2) is 0 Å². The Balaban J connectivity index is 3.05. The minimum Gasteiger partial charge on any atom is -0.456 e. The summed E-state index contributed by atoms with van der Waals surface area (Å²) in [5.74, 6) is -0.586. The molecule has 0 spiro atoms. The van der Waals surface area contributed by atoms with Gasteiger partial charge < -0.3 is 4.74 Å². The number of aromatic nitrogens is 2. The Bertz CT molecular complexity index is 593. The van der Waals surface area contributed by atoms with E-state index < -0.39 is 26.2 Å². The number of hydrogen-bond donors (Lipinski definition) is 0. The lowest BCUT2D eigenvalue weighted by atomic mass is 10.2. The predicted octanol–water partition coefficient (Wildman–Crippen LogP) is 2.00. The van der Waals surface area contributed by atoms with Crippen LogP contribution in [0.3, 0.4) is 0 Å². The molecule has 0 amide bonds. The first kappa shape index (κ1) is 16.6. The number of sulfone groups is 1. The van der Waals surface area contributed by atoms with Crippen LogP contribution in [-0.4, -0.2) is 34.7 Å². The van der Waals surface area contributed by atoms with Gasteiger partial charge in [-0.15, -0.1) is 0 Å². The first-order valence-corrected chi connectivity index (χ1v) is 7.63. The Morgan fingerprint density at radius 1 is 1.05 bits per heavy atom. The maximum absolute atomic E-state index is 12.1. The van der Waals surface area contributed by atoms with Crippen molar-refractivity contribution in [3.05, 3.63) is 18.0 Å². The molecule has 0 unspecified atom stereocenters. The minimum absolute atomic E-state index is 0.118. The molecule has 0 atom stereocenters. The molecule has 0 bridgehead atoms. The standard InChI is InChI=1S/C13H20N2O4S/c1-12(2,3)19-10(16)9-7-14-11(15-8-9)20(17,18)13(4,5)6/h7-8H,1-6H3. The van der Waals surface area contributed by atoms with Crippen molar-refractivity contribution in [3.8, 4) is 0 Å². The van der Waals surface area contributed by atoms with E-state index >= 15 is 0 Å². The summed E-state index contributed by atoms with van der Waals surface area (Å²) in [6.45, 7) is 9.91. The molecule has 0 saturated carbocycles. The van der Waals surface area contributed by atoms with E-state index in [-0.39, 0.29) is 10.7 Å². The highest BCUT2D eigenvalue weighted by atomic mass is 32.2. The summed E-state index contributed by atoms with van der Waals surface area (Å²) in [5, 5.41) is -0.294. The molecule has 0 radical (unpaired) electrons. The van der Waals surface area contributed by atoms with E-state index in [1.165, 1.54) is 12.4 Å². The molecule has 0 aliphatic carbocycles. The molecule has 20 heavy (non-hydrogen) atoms. The van der Waals surface area contributed by atoms with Gasteiger partial charge in [-0.05, 0) is 41.5 Å². The highest BCUT2D eigenvalue weighted by Gasteiger charge is 2.33. The zero-order valence-electron chi connectivity index (χ0n) is 12.6. The van der Waals surface area contributed by atoms with Gasteiger partial charge in [0.1, 0.15) is 5.60 Å². The summed E-state index contributed by atoms with van der Waals surface area (Å²) in [7, 11) is -3.63. The normalized spacial score (nSPS) is 13.1. The predicted molar refractivity (Wildman–Crippen MR) is 74.1 cm³/mol. The molecule has 0 saturated heterocycles. The van der Waals surface area contributed by atoms with Crippen LogP contribution >= 0.6 is 0 Å². The van der Waals surface area contributed by atoms with Gasteiger partial charge in [-0.25, -0.2) is 23.2 Å². The van der Waals surface area contributed by atoms with Crippen molar-refractivity contribution < 1.29 is 17.9 Å². The molecular weight excluding hydrogens is 280 g/mol. The van der Waals surface area contributed by atoms with Crippen molar-refractivity contribution in [2.45, 2.75) is 57.0 Å². The van der Waals surface area contributed by atoms with E-state index in [9.17, 15) is 13.2 Å². The molecule has 0 aliphatic heterocycles. The summed E-state index contributed by atoms with van der Waals surface area (Å²) in [6, 6.07) is 0. The van der Waals surface area contributed by atoms with E-state index in [0.29, 0.717) is 0 Å². The van der Waals surface area contributed by atoms with Crippen molar-refractivity contribution >= 4 is 15.8 Å². The second-order valence-electron chi connectivity index (χ2n) is 6.37. The largest absolute Gasteiger partial charge is 0.456 e. The average molecular weight is 300 g/mol. The number of hydrogen-bond acceptors (Lipinski definition) is 6. The Kier molecular flexibility index (Phi) is 4.24. The molecule has 1 aromatic heterocycles. The lowest BCUT2D eigenvalue weighted by molar-refractivity contribution is 0.00683. The third-order valence-corrected chi connectivity index (χ3v) is 4.61.